The van der Waals surface area contributed by atoms with Gasteiger partial charge < -0.3 is 10.1 Å². The Bertz CT molecular complexity index is 836. The molecule has 0 aromatic heterocycles. The molecule has 1 aromatic carbocycles. The molecular formula is C20H30N2O4S. The Morgan fingerprint density at radius 1 is 1.22 bits per heavy atom. The summed E-state index contributed by atoms with van der Waals surface area (Å²) in [5.74, 6) is 0. The normalized spacial score (nSPS) is 22.4. The van der Waals surface area contributed by atoms with E-state index in [0.29, 0.717) is 11.4 Å². The summed E-state index contributed by atoms with van der Waals surface area (Å²) >= 11 is 0. The number of nitrogens with one attached hydrogen (secondary N) is 1. The van der Waals surface area contributed by atoms with Crippen LogP contribution in [0.4, 0.5) is 4.79 Å². The van der Waals surface area contributed by atoms with E-state index in [1.807, 2.05) is 26.0 Å². The molecule has 1 atom stereocenters. The molecule has 0 radical (unpaired) electrons. The van der Waals surface area contributed by atoms with Crippen molar-refractivity contribution >= 4 is 15.9 Å². The van der Waals surface area contributed by atoms with Gasteiger partial charge in [-0.15, -0.1) is 0 Å². The molecule has 1 unspecified atom stereocenters. The summed E-state index contributed by atoms with van der Waals surface area (Å²) in [4.78, 5) is 14.4. The van der Waals surface area contributed by atoms with Crippen LogP contribution in [0.3, 0.4) is 0 Å². The molecule has 3 rings (SSSR count). The molecule has 7 heteroatoms. The van der Waals surface area contributed by atoms with Crippen LogP contribution in [-0.2, 0) is 14.6 Å². The van der Waals surface area contributed by atoms with Crippen molar-refractivity contribution in [2.45, 2.75) is 63.3 Å². The highest BCUT2D eigenvalue weighted by molar-refractivity contribution is 7.92. The predicted molar refractivity (Wildman–Crippen MR) is 104 cm³/mol. The summed E-state index contributed by atoms with van der Waals surface area (Å²) in [6, 6.07) is 5.35. The first-order valence-electron chi connectivity index (χ1n) is 9.48. The molecular weight excluding hydrogens is 364 g/mol. The summed E-state index contributed by atoms with van der Waals surface area (Å²) in [5.41, 5.74) is 0.663. The molecule has 0 aliphatic carbocycles. The minimum atomic E-state index is -3.71. The minimum Gasteiger partial charge on any atom is -0.444 e. The average molecular weight is 395 g/mol. The molecule has 1 N–H and O–H groups in total. The van der Waals surface area contributed by atoms with E-state index in [9.17, 15) is 13.2 Å². The van der Waals surface area contributed by atoms with E-state index in [-0.39, 0.29) is 0 Å². The zero-order valence-corrected chi connectivity index (χ0v) is 17.6. The number of sulfone groups is 1. The topological polar surface area (TPSA) is 75.7 Å². The summed E-state index contributed by atoms with van der Waals surface area (Å²) in [7, 11) is -3.71. The van der Waals surface area contributed by atoms with Crippen LogP contribution in [0.5, 0.6) is 0 Å². The molecule has 0 bridgehead atoms. The number of hydrogen-bond acceptors (Lipinski definition) is 5. The molecule has 2 fully saturated rings. The van der Waals surface area contributed by atoms with Crippen molar-refractivity contribution in [3.63, 3.8) is 0 Å². The Hall–Kier alpha value is -1.60. The van der Waals surface area contributed by atoms with Crippen molar-refractivity contribution in [1.29, 1.82) is 0 Å². The van der Waals surface area contributed by atoms with Crippen molar-refractivity contribution < 1.29 is 17.9 Å². The monoisotopic (exact) mass is 394 g/mol. The summed E-state index contributed by atoms with van der Waals surface area (Å²) in [6.07, 6.45) is 0.923. The zero-order chi connectivity index (χ0) is 20.0. The first-order chi connectivity index (χ1) is 12.5. The lowest BCUT2D eigenvalue weighted by atomic mass is 9.72. The van der Waals surface area contributed by atoms with Crippen LogP contribution in [0.1, 0.15) is 44.7 Å². The number of carbonyl (C=O) groups excluding carboxylic acids is 1. The molecule has 1 aromatic rings. The fourth-order valence-corrected chi connectivity index (χ4v) is 6.73. The number of aryl methyl sites for hydroxylation is 2. The van der Waals surface area contributed by atoms with Crippen LogP contribution in [0.25, 0.3) is 0 Å². The van der Waals surface area contributed by atoms with E-state index in [2.05, 4.69) is 5.32 Å². The molecule has 2 aliphatic heterocycles. The van der Waals surface area contributed by atoms with Crippen LogP contribution >= 0.6 is 0 Å². The van der Waals surface area contributed by atoms with Gasteiger partial charge in [-0.1, -0.05) is 17.7 Å². The summed E-state index contributed by atoms with van der Waals surface area (Å²) in [6.45, 7) is 11.1. The number of nitrogens with zero attached hydrogens (tertiary/aromatic N) is 1. The van der Waals surface area contributed by atoms with Crippen molar-refractivity contribution in [2.24, 2.45) is 5.41 Å². The lowest BCUT2D eigenvalue weighted by Crippen LogP contribution is -2.71. The third kappa shape index (κ3) is 3.72. The first kappa shape index (κ1) is 20.1. The van der Waals surface area contributed by atoms with Crippen molar-refractivity contribution in [3.05, 3.63) is 29.3 Å². The number of amides is 1. The average Bonchev–Trinajstić information content (AvgIpc) is 2.51. The Kier molecular flexibility index (Phi) is 5.06. The molecule has 2 aliphatic rings. The lowest BCUT2D eigenvalue weighted by molar-refractivity contribution is -0.0630. The highest BCUT2D eigenvalue weighted by Crippen LogP contribution is 2.49. The van der Waals surface area contributed by atoms with Gasteiger partial charge in [0.2, 0.25) is 0 Å². The molecule has 6 nitrogen and oxygen atoms in total. The van der Waals surface area contributed by atoms with Gasteiger partial charge in [0.1, 0.15) is 11.0 Å². The van der Waals surface area contributed by atoms with E-state index in [1.165, 1.54) is 4.90 Å². The van der Waals surface area contributed by atoms with Crippen LogP contribution < -0.4 is 5.32 Å². The van der Waals surface area contributed by atoms with Gasteiger partial charge in [-0.2, -0.15) is 0 Å². The molecule has 27 heavy (non-hydrogen) atoms. The Morgan fingerprint density at radius 3 is 2.41 bits per heavy atom. The minimum absolute atomic E-state index is 0.310. The van der Waals surface area contributed by atoms with Gasteiger partial charge in [0, 0.05) is 12.0 Å². The maximum Gasteiger partial charge on any atom is 0.411 e. The maximum absolute atomic E-state index is 13.6. The highest BCUT2D eigenvalue weighted by Gasteiger charge is 2.61. The second kappa shape index (κ2) is 6.78. The van der Waals surface area contributed by atoms with Crippen LogP contribution in [-0.4, -0.2) is 50.0 Å². The Labute approximate surface area is 162 Å². The zero-order valence-electron chi connectivity index (χ0n) is 16.8. The van der Waals surface area contributed by atoms with Crippen LogP contribution in [0, 0.1) is 19.3 Å². The highest BCUT2D eigenvalue weighted by atomic mass is 32.2. The first-order valence-corrected chi connectivity index (χ1v) is 11.0. The van der Waals surface area contributed by atoms with Gasteiger partial charge in [-0.25, -0.2) is 13.2 Å². The van der Waals surface area contributed by atoms with Gasteiger partial charge in [-0.05, 0) is 72.2 Å². The second-order valence-electron chi connectivity index (χ2n) is 8.89. The van der Waals surface area contributed by atoms with Gasteiger partial charge in [0.05, 0.1) is 4.90 Å². The van der Waals surface area contributed by atoms with Crippen molar-refractivity contribution in [1.82, 2.24) is 10.2 Å². The predicted octanol–water partition coefficient (Wildman–Crippen LogP) is 3.02. The van der Waals surface area contributed by atoms with Gasteiger partial charge in [-0.3, -0.25) is 4.90 Å². The van der Waals surface area contributed by atoms with E-state index in [4.69, 9.17) is 4.74 Å². The van der Waals surface area contributed by atoms with E-state index in [1.54, 1.807) is 26.8 Å². The fraction of sp³-hybridized carbons (Fsp3) is 0.650. The summed E-state index contributed by atoms with van der Waals surface area (Å²) < 4.78 is 32.8. The number of hydrogen-bond donors (Lipinski definition) is 1. The summed E-state index contributed by atoms with van der Waals surface area (Å²) in [5, 5.41) is 2.42. The maximum atomic E-state index is 13.6. The fourth-order valence-electron chi connectivity index (χ4n) is 4.26. The van der Waals surface area contributed by atoms with Gasteiger partial charge >= 0.3 is 6.09 Å². The third-order valence-electron chi connectivity index (χ3n) is 5.45. The quantitative estimate of drug-likeness (QED) is 0.834. The number of likely N-dealkylation sites (tertiary alicyclic amines) is 1. The SMILES string of the molecule is Cc1ccc(S(=O)(=O)C2N(C(=O)OC(C)(C)C)CC23CCNCC3)c(C)c1. The standard InChI is InChI=1S/C20H30N2O4S/c1-14-6-7-16(15(2)12-14)27(24,25)17-20(8-10-21-11-9-20)13-22(17)18(23)26-19(3,4)5/h6-7,12,17,21H,8-11,13H2,1-5H3. The van der Waals surface area contributed by atoms with Crippen molar-refractivity contribution in [3.8, 4) is 0 Å². The number of rotatable bonds is 2. The van der Waals surface area contributed by atoms with E-state index in [0.717, 1.165) is 37.1 Å². The molecule has 1 spiro atoms. The Morgan fingerprint density at radius 2 is 1.85 bits per heavy atom. The smallest absolute Gasteiger partial charge is 0.411 e. The van der Waals surface area contributed by atoms with Crippen molar-refractivity contribution in [2.75, 3.05) is 19.6 Å². The molecule has 0 saturated carbocycles. The number of benzene rings is 1. The largest absolute Gasteiger partial charge is 0.444 e. The number of ether oxygens (including phenoxy) is 1. The number of carbonyl (C=O) groups is 1. The van der Waals surface area contributed by atoms with E-state index < -0.39 is 32.3 Å². The van der Waals surface area contributed by atoms with E-state index >= 15 is 0 Å². The molecule has 150 valence electrons. The molecule has 2 heterocycles. The third-order valence-corrected chi connectivity index (χ3v) is 7.86. The molecule has 2 saturated heterocycles. The Balaban J connectivity index is 2.00. The van der Waals surface area contributed by atoms with Gasteiger partial charge in [0.15, 0.2) is 9.84 Å². The van der Waals surface area contributed by atoms with Crippen LogP contribution in [0.15, 0.2) is 23.1 Å². The molecule has 1 amide bonds. The van der Waals surface area contributed by atoms with Crippen LogP contribution in [0.2, 0.25) is 0 Å². The lowest BCUT2D eigenvalue weighted by Gasteiger charge is -2.57. The number of piperidine rings is 1. The van der Waals surface area contributed by atoms with Gasteiger partial charge in [0.25, 0.3) is 0 Å². The second-order valence-corrected chi connectivity index (χ2v) is 10.9.